The molecule has 32 heavy (non-hydrogen) atoms. The average Bonchev–Trinajstić information content (AvgIpc) is 3.09. The number of hydrogen-bond acceptors (Lipinski definition) is 4. The van der Waals surface area contributed by atoms with E-state index in [2.05, 4.69) is 27.9 Å². The first-order valence-corrected chi connectivity index (χ1v) is 10.9. The lowest BCUT2D eigenvalue weighted by atomic mass is 9.91. The summed E-state index contributed by atoms with van der Waals surface area (Å²) in [5.74, 6) is 0.517. The maximum Gasteiger partial charge on any atom is 0.220 e. The van der Waals surface area contributed by atoms with Crippen LogP contribution in [0.3, 0.4) is 0 Å². The molecule has 7 heteroatoms. The number of ether oxygens (including phenoxy) is 1. The molecule has 4 rings (SSSR count). The Bertz CT molecular complexity index is 1110. The standard InChI is InChI=1S/C25H29FN4O2/c1-16-11-17(2)30(29-16)15-20-12-18(7-9-23(20)32-3)14-27-22-8-10-24(31)28-25(22)19-5-4-6-21(26)13-19/h4-7,9,11-13,22,25,27H,8,10,14-15H2,1-3H3,(H,28,31)/t22-,25+/m1/s1. The fourth-order valence-electron chi connectivity index (χ4n) is 4.35. The molecule has 0 radical (unpaired) electrons. The van der Waals surface area contributed by atoms with Gasteiger partial charge in [0.15, 0.2) is 0 Å². The van der Waals surface area contributed by atoms with Gasteiger partial charge in [0.2, 0.25) is 5.91 Å². The number of aryl methyl sites for hydroxylation is 2. The topological polar surface area (TPSA) is 68.2 Å². The lowest BCUT2D eigenvalue weighted by Gasteiger charge is -2.33. The predicted octanol–water partition coefficient (Wildman–Crippen LogP) is 3.81. The van der Waals surface area contributed by atoms with E-state index in [0.29, 0.717) is 25.9 Å². The molecule has 1 amide bonds. The first-order chi connectivity index (χ1) is 15.4. The number of aromatic nitrogens is 2. The number of benzene rings is 2. The number of piperidine rings is 1. The summed E-state index contributed by atoms with van der Waals surface area (Å²) < 4.78 is 21.3. The number of nitrogens with zero attached hydrogens (tertiary/aromatic N) is 2. The summed E-state index contributed by atoms with van der Waals surface area (Å²) in [4.78, 5) is 12.0. The largest absolute Gasteiger partial charge is 0.496 e. The van der Waals surface area contributed by atoms with Crippen molar-refractivity contribution in [1.29, 1.82) is 0 Å². The van der Waals surface area contributed by atoms with Crippen LogP contribution in [0.15, 0.2) is 48.5 Å². The van der Waals surface area contributed by atoms with Gasteiger partial charge in [0.05, 0.1) is 25.4 Å². The Labute approximate surface area is 187 Å². The Hall–Kier alpha value is -3.19. The Morgan fingerprint density at radius 3 is 2.78 bits per heavy atom. The zero-order valence-corrected chi connectivity index (χ0v) is 18.7. The molecule has 0 aliphatic carbocycles. The number of halogens is 1. The van der Waals surface area contributed by atoms with Crippen LogP contribution in [0.1, 0.15) is 47.0 Å². The first-order valence-electron chi connectivity index (χ1n) is 10.9. The lowest BCUT2D eigenvalue weighted by Crippen LogP contribution is -2.48. The normalized spacial score (nSPS) is 18.4. The van der Waals surface area contributed by atoms with Crippen LogP contribution in [-0.2, 0) is 17.9 Å². The SMILES string of the molecule is COc1ccc(CN[C@@H]2CCC(=O)N[C@H]2c2cccc(F)c2)cc1Cn1nc(C)cc1C. The molecule has 2 atom stereocenters. The predicted molar refractivity (Wildman–Crippen MR) is 121 cm³/mol. The molecule has 0 unspecified atom stereocenters. The van der Waals surface area contributed by atoms with E-state index in [0.717, 1.165) is 33.8 Å². The second kappa shape index (κ2) is 9.53. The lowest BCUT2D eigenvalue weighted by molar-refractivity contribution is -0.123. The molecule has 2 N–H and O–H groups in total. The van der Waals surface area contributed by atoms with Gasteiger partial charge in [-0.1, -0.05) is 18.2 Å². The maximum absolute atomic E-state index is 13.8. The molecule has 168 valence electrons. The number of amides is 1. The molecule has 1 fully saturated rings. The number of carbonyl (C=O) groups is 1. The molecular formula is C25H29FN4O2. The van der Waals surface area contributed by atoms with E-state index in [-0.39, 0.29) is 23.8 Å². The Morgan fingerprint density at radius 1 is 1.22 bits per heavy atom. The summed E-state index contributed by atoms with van der Waals surface area (Å²) in [6.45, 7) is 5.28. The molecule has 0 spiro atoms. The van der Waals surface area contributed by atoms with Crippen molar-refractivity contribution in [3.05, 3.63) is 82.4 Å². The summed E-state index contributed by atoms with van der Waals surface area (Å²) in [5.41, 5.74) is 5.02. The molecule has 1 aliphatic rings. The van der Waals surface area contributed by atoms with Gasteiger partial charge in [-0.15, -0.1) is 0 Å². The minimum Gasteiger partial charge on any atom is -0.496 e. The average molecular weight is 437 g/mol. The van der Waals surface area contributed by atoms with Gasteiger partial charge in [0, 0.05) is 30.3 Å². The molecule has 3 aromatic rings. The van der Waals surface area contributed by atoms with Gasteiger partial charge in [-0.2, -0.15) is 5.10 Å². The Balaban J connectivity index is 1.50. The molecule has 2 aromatic carbocycles. The Kier molecular flexibility index (Phi) is 6.55. The molecule has 0 bridgehead atoms. The molecule has 1 aromatic heterocycles. The van der Waals surface area contributed by atoms with Gasteiger partial charge in [0.25, 0.3) is 0 Å². The molecule has 1 saturated heterocycles. The van der Waals surface area contributed by atoms with Crippen LogP contribution in [0.25, 0.3) is 0 Å². The van der Waals surface area contributed by atoms with E-state index >= 15 is 0 Å². The summed E-state index contributed by atoms with van der Waals surface area (Å²) in [5, 5.41) is 11.1. The molecular weight excluding hydrogens is 407 g/mol. The number of methoxy groups -OCH3 is 1. The van der Waals surface area contributed by atoms with Crippen molar-refractivity contribution >= 4 is 5.91 Å². The fraction of sp³-hybridized carbons (Fsp3) is 0.360. The Morgan fingerprint density at radius 2 is 2.06 bits per heavy atom. The number of carbonyl (C=O) groups excluding carboxylic acids is 1. The monoisotopic (exact) mass is 436 g/mol. The second-order valence-electron chi connectivity index (χ2n) is 8.36. The summed E-state index contributed by atoms with van der Waals surface area (Å²) in [6.07, 6.45) is 1.15. The quantitative estimate of drug-likeness (QED) is 0.591. The molecule has 6 nitrogen and oxygen atoms in total. The van der Waals surface area contributed by atoms with Crippen LogP contribution < -0.4 is 15.4 Å². The number of rotatable bonds is 7. The molecule has 0 saturated carbocycles. The van der Waals surface area contributed by atoms with Gasteiger partial charge >= 0.3 is 0 Å². The minimum atomic E-state index is -0.301. The van der Waals surface area contributed by atoms with Gasteiger partial charge in [0.1, 0.15) is 11.6 Å². The zero-order valence-electron chi connectivity index (χ0n) is 18.7. The van der Waals surface area contributed by atoms with Crippen LogP contribution in [0.5, 0.6) is 5.75 Å². The van der Waals surface area contributed by atoms with Crippen molar-refractivity contribution in [2.75, 3.05) is 7.11 Å². The van der Waals surface area contributed by atoms with Gasteiger partial charge in [-0.05, 0) is 61.7 Å². The van der Waals surface area contributed by atoms with Crippen LogP contribution in [0, 0.1) is 19.7 Å². The summed E-state index contributed by atoms with van der Waals surface area (Å²) >= 11 is 0. The van der Waals surface area contributed by atoms with E-state index in [1.807, 2.05) is 36.7 Å². The van der Waals surface area contributed by atoms with Crippen LogP contribution >= 0.6 is 0 Å². The fourth-order valence-corrected chi connectivity index (χ4v) is 4.35. The molecule has 2 heterocycles. The number of nitrogens with one attached hydrogen (secondary N) is 2. The van der Waals surface area contributed by atoms with Crippen molar-refractivity contribution in [2.45, 2.75) is 51.9 Å². The second-order valence-corrected chi connectivity index (χ2v) is 8.36. The highest BCUT2D eigenvalue weighted by atomic mass is 19.1. The van der Waals surface area contributed by atoms with Crippen molar-refractivity contribution < 1.29 is 13.9 Å². The third kappa shape index (κ3) is 4.99. The third-order valence-corrected chi connectivity index (χ3v) is 5.95. The van der Waals surface area contributed by atoms with Crippen LogP contribution in [0.4, 0.5) is 4.39 Å². The smallest absolute Gasteiger partial charge is 0.220 e. The van der Waals surface area contributed by atoms with E-state index in [9.17, 15) is 9.18 Å². The van der Waals surface area contributed by atoms with Gasteiger partial charge in [-0.3, -0.25) is 9.48 Å². The van der Waals surface area contributed by atoms with Gasteiger partial charge < -0.3 is 15.4 Å². The first kappa shape index (κ1) is 22.0. The van der Waals surface area contributed by atoms with Crippen LogP contribution in [-0.4, -0.2) is 28.8 Å². The van der Waals surface area contributed by atoms with Gasteiger partial charge in [-0.25, -0.2) is 4.39 Å². The van der Waals surface area contributed by atoms with Crippen molar-refractivity contribution in [3.8, 4) is 5.75 Å². The summed E-state index contributed by atoms with van der Waals surface area (Å²) in [7, 11) is 1.67. The zero-order chi connectivity index (χ0) is 22.7. The highest BCUT2D eigenvalue weighted by Crippen LogP contribution is 2.26. The summed E-state index contributed by atoms with van der Waals surface area (Å²) in [6, 6.07) is 14.4. The van der Waals surface area contributed by atoms with Crippen LogP contribution in [0.2, 0.25) is 0 Å². The van der Waals surface area contributed by atoms with E-state index < -0.39 is 0 Å². The highest BCUT2D eigenvalue weighted by molar-refractivity contribution is 5.77. The van der Waals surface area contributed by atoms with Crippen molar-refractivity contribution in [3.63, 3.8) is 0 Å². The highest BCUT2D eigenvalue weighted by Gasteiger charge is 2.29. The van der Waals surface area contributed by atoms with E-state index in [4.69, 9.17) is 4.74 Å². The minimum absolute atomic E-state index is 0.00562. The third-order valence-electron chi connectivity index (χ3n) is 5.95. The number of hydrogen-bond donors (Lipinski definition) is 2. The molecule has 1 aliphatic heterocycles. The van der Waals surface area contributed by atoms with Crippen molar-refractivity contribution in [2.24, 2.45) is 0 Å². The van der Waals surface area contributed by atoms with E-state index in [1.165, 1.54) is 12.1 Å². The maximum atomic E-state index is 13.8. The van der Waals surface area contributed by atoms with Crippen molar-refractivity contribution in [1.82, 2.24) is 20.4 Å². The van der Waals surface area contributed by atoms with E-state index in [1.54, 1.807) is 13.2 Å².